The van der Waals surface area contributed by atoms with Crippen LogP contribution in [0.4, 0.5) is 13.2 Å². The molecule has 118 valence electrons. The van der Waals surface area contributed by atoms with Crippen molar-refractivity contribution in [3.63, 3.8) is 0 Å². The topological polar surface area (TPSA) is 69.4 Å². The van der Waals surface area contributed by atoms with E-state index in [2.05, 4.69) is 0 Å². The normalized spacial score (nSPS) is 12.2. The van der Waals surface area contributed by atoms with Gasteiger partial charge in [0.25, 0.3) is 0 Å². The number of halogens is 3. The van der Waals surface area contributed by atoms with Gasteiger partial charge in [0, 0.05) is 0 Å². The predicted octanol–water partition coefficient (Wildman–Crippen LogP) is 3.45. The van der Waals surface area contributed by atoms with Crippen LogP contribution >= 0.6 is 0 Å². The molecular weight excluding hydrogens is 319 g/mol. The average Bonchev–Trinajstić information content (AvgIpc) is 2.36. The fourth-order valence-corrected chi connectivity index (χ4v) is 2.62. The van der Waals surface area contributed by atoms with Crippen LogP contribution in [0.3, 0.4) is 0 Å². The highest BCUT2D eigenvalue weighted by Gasteiger charge is 2.30. The molecule has 0 aromatic heterocycles. The van der Waals surface area contributed by atoms with E-state index in [1.807, 2.05) is 0 Å². The number of alkyl halides is 3. The van der Waals surface area contributed by atoms with Gasteiger partial charge < -0.3 is 4.74 Å². The van der Waals surface area contributed by atoms with Crippen LogP contribution in [0.1, 0.15) is 11.1 Å². The summed E-state index contributed by atoms with van der Waals surface area (Å²) in [7, 11) is -3.83. The van der Waals surface area contributed by atoms with Crippen molar-refractivity contribution in [2.75, 3.05) is 0 Å². The summed E-state index contributed by atoms with van der Waals surface area (Å²) in [5.74, 6) is 0.500. The van der Waals surface area contributed by atoms with Crippen molar-refractivity contribution in [1.82, 2.24) is 0 Å². The van der Waals surface area contributed by atoms with Gasteiger partial charge in [0.05, 0.1) is 10.5 Å². The first-order valence-electron chi connectivity index (χ1n) is 6.06. The Morgan fingerprint density at radius 3 is 2.00 bits per heavy atom. The SMILES string of the molecule is Cc1cc(Oc2ccc(C(F)(F)F)cc2)ccc1S(N)(=O)=O. The number of hydrogen-bond donors (Lipinski definition) is 1. The highest BCUT2D eigenvalue weighted by atomic mass is 32.2. The molecule has 0 heterocycles. The molecule has 0 aliphatic rings. The van der Waals surface area contributed by atoms with Crippen molar-refractivity contribution in [3.05, 3.63) is 53.6 Å². The van der Waals surface area contributed by atoms with Gasteiger partial charge in [-0.05, 0) is 55.0 Å². The Morgan fingerprint density at radius 1 is 1.00 bits per heavy atom. The van der Waals surface area contributed by atoms with Crippen molar-refractivity contribution in [3.8, 4) is 11.5 Å². The van der Waals surface area contributed by atoms with Crippen LogP contribution in [-0.2, 0) is 16.2 Å². The Morgan fingerprint density at radius 2 is 1.55 bits per heavy atom. The van der Waals surface area contributed by atoms with Crippen LogP contribution in [0, 0.1) is 6.92 Å². The number of nitrogens with two attached hydrogens (primary N) is 1. The molecule has 8 heteroatoms. The first kappa shape index (κ1) is 16.3. The maximum Gasteiger partial charge on any atom is 0.416 e. The number of benzene rings is 2. The third kappa shape index (κ3) is 3.77. The molecule has 22 heavy (non-hydrogen) atoms. The minimum Gasteiger partial charge on any atom is -0.457 e. The number of ether oxygens (including phenoxy) is 1. The van der Waals surface area contributed by atoms with Crippen LogP contribution < -0.4 is 9.88 Å². The first-order chi connectivity index (χ1) is 10.1. The molecule has 2 aromatic rings. The van der Waals surface area contributed by atoms with Crippen molar-refractivity contribution < 1.29 is 26.3 Å². The van der Waals surface area contributed by atoms with Crippen molar-refractivity contribution in [2.45, 2.75) is 18.0 Å². The van der Waals surface area contributed by atoms with E-state index < -0.39 is 21.8 Å². The van der Waals surface area contributed by atoms with Gasteiger partial charge in [-0.1, -0.05) is 0 Å². The van der Waals surface area contributed by atoms with E-state index in [0.717, 1.165) is 12.1 Å². The monoisotopic (exact) mass is 331 g/mol. The number of aryl methyl sites for hydroxylation is 1. The van der Waals surface area contributed by atoms with Gasteiger partial charge in [-0.25, -0.2) is 13.6 Å². The van der Waals surface area contributed by atoms with E-state index in [1.165, 1.54) is 30.3 Å². The molecule has 0 amide bonds. The van der Waals surface area contributed by atoms with Gasteiger partial charge in [0.15, 0.2) is 0 Å². The van der Waals surface area contributed by atoms with Gasteiger partial charge in [-0.2, -0.15) is 13.2 Å². The lowest BCUT2D eigenvalue weighted by atomic mass is 10.2. The zero-order chi connectivity index (χ0) is 16.5. The van der Waals surface area contributed by atoms with E-state index in [4.69, 9.17) is 9.88 Å². The van der Waals surface area contributed by atoms with Crippen LogP contribution in [-0.4, -0.2) is 8.42 Å². The largest absolute Gasteiger partial charge is 0.457 e. The summed E-state index contributed by atoms with van der Waals surface area (Å²) in [5, 5.41) is 5.04. The highest BCUT2D eigenvalue weighted by molar-refractivity contribution is 7.89. The van der Waals surface area contributed by atoms with Crippen molar-refractivity contribution in [2.24, 2.45) is 5.14 Å². The van der Waals surface area contributed by atoms with Gasteiger partial charge in [-0.15, -0.1) is 0 Å². The summed E-state index contributed by atoms with van der Waals surface area (Å²) in [6.07, 6.45) is -4.41. The lowest BCUT2D eigenvalue weighted by molar-refractivity contribution is -0.137. The van der Waals surface area contributed by atoms with E-state index in [0.29, 0.717) is 11.3 Å². The molecule has 0 radical (unpaired) electrons. The Labute approximate surface area is 125 Å². The fourth-order valence-electron chi connectivity index (χ4n) is 1.85. The summed E-state index contributed by atoms with van der Waals surface area (Å²) in [4.78, 5) is -0.0349. The second-order valence-corrected chi connectivity index (χ2v) is 6.13. The Hall–Kier alpha value is -2.06. The zero-order valence-electron chi connectivity index (χ0n) is 11.4. The molecule has 2 N–H and O–H groups in total. The molecule has 0 spiro atoms. The summed E-state index contributed by atoms with van der Waals surface area (Å²) in [6.45, 7) is 1.54. The number of hydrogen-bond acceptors (Lipinski definition) is 3. The molecule has 0 aliphatic carbocycles. The molecule has 0 atom stereocenters. The third-order valence-corrected chi connectivity index (χ3v) is 3.94. The molecule has 0 saturated carbocycles. The second-order valence-electron chi connectivity index (χ2n) is 4.60. The van der Waals surface area contributed by atoms with Crippen molar-refractivity contribution >= 4 is 10.0 Å². The molecule has 2 rings (SSSR count). The van der Waals surface area contributed by atoms with E-state index in [-0.39, 0.29) is 10.6 Å². The summed E-state index contributed by atoms with van der Waals surface area (Å²) >= 11 is 0. The van der Waals surface area contributed by atoms with Crippen LogP contribution in [0.25, 0.3) is 0 Å². The molecule has 0 bridgehead atoms. The highest BCUT2D eigenvalue weighted by Crippen LogP contribution is 2.31. The number of sulfonamides is 1. The Balaban J connectivity index is 2.23. The Kier molecular flexibility index (Phi) is 4.17. The zero-order valence-corrected chi connectivity index (χ0v) is 12.2. The minimum absolute atomic E-state index is 0.0349. The van der Waals surface area contributed by atoms with Gasteiger partial charge in [0.2, 0.25) is 10.0 Å². The molecule has 2 aromatic carbocycles. The van der Waals surface area contributed by atoms with Crippen LogP contribution in [0.15, 0.2) is 47.4 Å². The maximum absolute atomic E-state index is 12.4. The fraction of sp³-hybridized carbons (Fsp3) is 0.143. The lowest BCUT2D eigenvalue weighted by Crippen LogP contribution is -2.13. The van der Waals surface area contributed by atoms with Crippen LogP contribution in [0.5, 0.6) is 11.5 Å². The van der Waals surface area contributed by atoms with E-state index in [1.54, 1.807) is 6.92 Å². The molecule has 0 saturated heterocycles. The molecular formula is C14H12F3NO3S. The number of rotatable bonds is 3. The molecule has 0 fully saturated rings. The second kappa shape index (κ2) is 5.62. The number of primary sulfonamides is 1. The average molecular weight is 331 g/mol. The lowest BCUT2D eigenvalue weighted by Gasteiger charge is -2.10. The molecule has 0 aliphatic heterocycles. The predicted molar refractivity (Wildman–Crippen MR) is 74.1 cm³/mol. The van der Waals surface area contributed by atoms with Gasteiger partial charge in [-0.3, -0.25) is 0 Å². The quantitative estimate of drug-likeness (QED) is 0.936. The molecule has 0 unspecified atom stereocenters. The smallest absolute Gasteiger partial charge is 0.416 e. The maximum atomic E-state index is 12.4. The first-order valence-corrected chi connectivity index (χ1v) is 7.60. The van der Waals surface area contributed by atoms with E-state index >= 15 is 0 Å². The standard InChI is InChI=1S/C14H12F3NO3S/c1-9-8-12(6-7-13(9)22(18,19)20)21-11-4-2-10(3-5-11)14(15,16)17/h2-8H,1H3,(H2,18,19,20). The Bertz CT molecular complexity index is 784. The molecule has 4 nitrogen and oxygen atoms in total. The van der Waals surface area contributed by atoms with Crippen LogP contribution in [0.2, 0.25) is 0 Å². The third-order valence-electron chi connectivity index (χ3n) is 2.87. The summed E-state index contributed by atoms with van der Waals surface area (Å²) < 4.78 is 65.3. The van der Waals surface area contributed by atoms with Gasteiger partial charge in [0.1, 0.15) is 11.5 Å². The summed E-state index contributed by atoms with van der Waals surface area (Å²) in [5.41, 5.74) is -0.396. The van der Waals surface area contributed by atoms with Gasteiger partial charge >= 0.3 is 6.18 Å². The van der Waals surface area contributed by atoms with E-state index in [9.17, 15) is 21.6 Å². The minimum atomic E-state index is -4.41. The summed E-state index contributed by atoms with van der Waals surface area (Å²) in [6, 6.07) is 8.28. The van der Waals surface area contributed by atoms with Crippen molar-refractivity contribution in [1.29, 1.82) is 0 Å².